The molecule has 1 aliphatic heterocycles. The minimum absolute atomic E-state index is 0.664. The lowest BCUT2D eigenvalue weighted by Crippen LogP contribution is -2.46. The number of alkyl halides is 1. The highest BCUT2D eigenvalue weighted by Crippen LogP contribution is 2.39. The topological polar surface area (TPSA) is 32.3 Å². The van der Waals surface area contributed by atoms with E-state index >= 15 is 0 Å². The predicted octanol–water partition coefficient (Wildman–Crippen LogP) is 1.78. The summed E-state index contributed by atoms with van der Waals surface area (Å²) in [7, 11) is 0. The lowest BCUT2D eigenvalue weighted by Gasteiger charge is -2.33. The van der Waals surface area contributed by atoms with Gasteiger partial charge in [0.25, 0.3) is 0 Å². The quantitative estimate of drug-likeness (QED) is 0.782. The van der Waals surface area contributed by atoms with Gasteiger partial charge >= 0.3 is 0 Å². The zero-order chi connectivity index (χ0) is 11.7. The first-order valence-corrected chi connectivity index (χ1v) is 7.54. The Hall–Kier alpha value is -0.390. The molecule has 1 saturated carbocycles. The number of piperazine rings is 1. The number of aromatic nitrogens is 2. The maximum atomic E-state index is 5.76. The Labute approximate surface area is 111 Å². The summed E-state index contributed by atoms with van der Waals surface area (Å²) in [6, 6.07) is 0. The molecule has 0 radical (unpaired) electrons. The van der Waals surface area contributed by atoms with E-state index in [9.17, 15) is 0 Å². The van der Waals surface area contributed by atoms with Crippen LogP contribution < -0.4 is 4.90 Å². The van der Waals surface area contributed by atoms with Gasteiger partial charge in [-0.1, -0.05) is 0 Å². The second-order valence-electron chi connectivity index (χ2n) is 4.73. The molecule has 2 heterocycles. The minimum Gasteiger partial charge on any atom is -0.344 e. The Morgan fingerprint density at radius 1 is 1.24 bits per heavy atom. The van der Waals surface area contributed by atoms with E-state index < -0.39 is 0 Å². The Morgan fingerprint density at radius 2 is 2.00 bits per heavy atom. The van der Waals surface area contributed by atoms with Gasteiger partial charge in [-0.2, -0.15) is 4.37 Å². The fraction of sp³-hybridized carbons (Fsp3) is 0.818. The lowest BCUT2D eigenvalue weighted by molar-refractivity contribution is 0.272. The van der Waals surface area contributed by atoms with Crippen LogP contribution in [-0.4, -0.2) is 52.9 Å². The molecule has 1 saturated heterocycles. The van der Waals surface area contributed by atoms with Crippen LogP contribution in [0.2, 0.25) is 0 Å². The molecule has 0 atom stereocenters. The van der Waals surface area contributed by atoms with Crippen LogP contribution in [0, 0.1) is 0 Å². The molecule has 0 unspecified atom stereocenters. The summed E-state index contributed by atoms with van der Waals surface area (Å²) in [6.45, 7) is 5.28. The average molecular weight is 273 g/mol. The van der Waals surface area contributed by atoms with Gasteiger partial charge in [0.15, 0.2) is 0 Å². The number of nitrogens with zero attached hydrogens (tertiary/aromatic N) is 4. The fourth-order valence-electron chi connectivity index (χ4n) is 2.14. The summed E-state index contributed by atoms with van der Waals surface area (Å²) in [6.07, 6.45) is 2.55. The van der Waals surface area contributed by atoms with Gasteiger partial charge in [-0.15, -0.1) is 11.6 Å². The standard InChI is InChI=1S/C11H17ClN4S/c12-3-4-15-5-7-16(8-6-15)11-13-10(14-17-11)9-1-2-9/h9H,1-8H2. The van der Waals surface area contributed by atoms with Crippen molar-refractivity contribution in [1.82, 2.24) is 14.3 Å². The Morgan fingerprint density at radius 3 is 2.65 bits per heavy atom. The fourth-order valence-corrected chi connectivity index (χ4v) is 3.18. The van der Waals surface area contributed by atoms with Crippen LogP contribution in [0.25, 0.3) is 0 Å². The summed E-state index contributed by atoms with van der Waals surface area (Å²) in [5, 5.41) is 1.11. The number of hydrogen-bond donors (Lipinski definition) is 0. The van der Waals surface area contributed by atoms with Crippen molar-refractivity contribution in [2.75, 3.05) is 43.5 Å². The SMILES string of the molecule is ClCCN1CCN(c2nc(C3CC3)ns2)CC1. The largest absolute Gasteiger partial charge is 0.344 e. The Kier molecular flexibility index (Phi) is 3.49. The number of hydrogen-bond acceptors (Lipinski definition) is 5. The van der Waals surface area contributed by atoms with E-state index in [-0.39, 0.29) is 0 Å². The van der Waals surface area contributed by atoms with E-state index in [2.05, 4.69) is 19.2 Å². The summed E-state index contributed by atoms with van der Waals surface area (Å²) >= 11 is 7.32. The van der Waals surface area contributed by atoms with Gasteiger partial charge in [-0.3, -0.25) is 4.90 Å². The van der Waals surface area contributed by atoms with E-state index in [0.717, 1.165) is 49.6 Å². The first kappa shape index (κ1) is 11.7. The Bertz CT molecular complexity index is 371. The molecule has 4 nitrogen and oxygen atoms in total. The molecule has 3 rings (SSSR count). The molecular formula is C11H17ClN4S. The van der Waals surface area contributed by atoms with Crippen molar-refractivity contribution in [1.29, 1.82) is 0 Å². The van der Waals surface area contributed by atoms with Crippen LogP contribution in [0.3, 0.4) is 0 Å². The smallest absolute Gasteiger partial charge is 0.205 e. The van der Waals surface area contributed by atoms with Gasteiger partial charge in [0.2, 0.25) is 5.13 Å². The second-order valence-corrected chi connectivity index (χ2v) is 5.84. The van der Waals surface area contributed by atoms with Crippen molar-refractivity contribution in [2.24, 2.45) is 0 Å². The van der Waals surface area contributed by atoms with Crippen LogP contribution in [-0.2, 0) is 0 Å². The third-order valence-corrected chi connectivity index (χ3v) is 4.38. The van der Waals surface area contributed by atoms with Crippen molar-refractivity contribution in [3.63, 3.8) is 0 Å². The van der Waals surface area contributed by atoms with Gasteiger partial charge < -0.3 is 4.90 Å². The maximum Gasteiger partial charge on any atom is 0.205 e. The highest BCUT2D eigenvalue weighted by atomic mass is 35.5. The minimum atomic E-state index is 0.664. The summed E-state index contributed by atoms with van der Waals surface area (Å²) in [5.74, 6) is 2.47. The van der Waals surface area contributed by atoms with E-state index in [1.807, 2.05) is 0 Å². The molecule has 0 N–H and O–H groups in total. The normalized spacial score (nSPS) is 22.1. The molecule has 6 heteroatoms. The molecule has 2 fully saturated rings. The van der Waals surface area contributed by atoms with Crippen LogP contribution in [0.4, 0.5) is 5.13 Å². The van der Waals surface area contributed by atoms with E-state index in [1.165, 1.54) is 12.8 Å². The predicted molar refractivity (Wildman–Crippen MR) is 71.3 cm³/mol. The molecule has 0 bridgehead atoms. The zero-order valence-electron chi connectivity index (χ0n) is 9.81. The number of anilines is 1. The summed E-state index contributed by atoms with van der Waals surface area (Å²) in [4.78, 5) is 9.42. The number of halogens is 1. The van der Waals surface area contributed by atoms with Gasteiger partial charge in [-0.25, -0.2) is 4.98 Å². The van der Waals surface area contributed by atoms with Gasteiger partial charge in [0.05, 0.1) is 0 Å². The summed E-state index contributed by atoms with van der Waals surface area (Å²) in [5.41, 5.74) is 0. The summed E-state index contributed by atoms with van der Waals surface area (Å²) < 4.78 is 4.46. The molecule has 94 valence electrons. The molecule has 2 aliphatic rings. The van der Waals surface area contributed by atoms with E-state index in [4.69, 9.17) is 11.6 Å². The first-order valence-electron chi connectivity index (χ1n) is 6.23. The van der Waals surface area contributed by atoms with Crippen LogP contribution in [0.15, 0.2) is 0 Å². The van der Waals surface area contributed by atoms with E-state index in [0.29, 0.717) is 5.92 Å². The third kappa shape index (κ3) is 2.72. The lowest BCUT2D eigenvalue weighted by atomic mass is 10.3. The van der Waals surface area contributed by atoms with Gasteiger partial charge in [-0.05, 0) is 12.8 Å². The monoisotopic (exact) mass is 272 g/mol. The third-order valence-electron chi connectivity index (χ3n) is 3.42. The molecular weight excluding hydrogens is 256 g/mol. The highest BCUT2D eigenvalue weighted by molar-refractivity contribution is 7.09. The van der Waals surface area contributed by atoms with Gasteiger partial charge in [0.1, 0.15) is 5.82 Å². The van der Waals surface area contributed by atoms with Crippen molar-refractivity contribution in [3.8, 4) is 0 Å². The second kappa shape index (κ2) is 5.08. The van der Waals surface area contributed by atoms with Crippen LogP contribution in [0.5, 0.6) is 0 Å². The van der Waals surface area contributed by atoms with Crippen LogP contribution in [0.1, 0.15) is 24.6 Å². The zero-order valence-corrected chi connectivity index (χ0v) is 11.4. The molecule has 0 spiro atoms. The highest BCUT2D eigenvalue weighted by Gasteiger charge is 2.29. The number of rotatable bonds is 4. The molecule has 17 heavy (non-hydrogen) atoms. The average Bonchev–Trinajstić information content (AvgIpc) is 3.09. The van der Waals surface area contributed by atoms with Crippen LogP contribution >= 0.6 is 23.1 Å². The van der Waals surface area contributed by atoms with Crippen molar-refractivity contribution in [3.05, 3.63) is 5.82 Å². The van der Waals surface area contributed by atoms with E-state index in [1.54, 1.807) is 11.5 Å². The molecule has 1 aliphatic carbocycles. The first-order chi connectivity index (χ1) is 8.36. The molecule has 1 aromatic rings. The van der Waals surface area contributed by atoms with Gasteiger partial charge in [0, 0.05) is 56.1 Å². The Balaban J connectivity index is 1.57. The van der Waals surface area contributed by atoms with Crippen molar-refractivity contribution >= 4 is 28.3 Å². The van der Waals surface area contributed by atoms with Crippen molar-refractivity contribution in [2.45, 2.75) is 18.8 Å². The molecule has 0 amide bonds. The van der Waals surface area contributed by atoms with Crippen molar-refractivity contribution < 1.29 is 0 Å². The maximum absolute atomic E-state index is 5.76. The molecule has 1 aromatic heterocycles. The molecule has 0 aromatic carbocycles.